The summed E-state index contributed by atoms with van der Waals surface area (Å²) in [4.78, 5) is 22.9. The van der Waals surface area contributed by atoms with Gasteiger partial charge in [-0.1, -0.05) is 18.2 Å². The van der Waals surface area contributed by atoms with E-state index in [-0.39, 0.29) is 11.8 Å². The topological polar surface area (TPSA) is 71.3 Å². The van der Waals surface area contributed by atoms with Gasteiger partial charge in [0.15, 0.2) is 0 Å². The number of fused-ring (bicyclic) bond motifs is 1. The van der Waals surface area contributed by atoms with Gasteiger partial charge in [-0.05, 0) is 18.6 Å². The van der Waals surface area contributed by atoms with E-state index < -0.39 is 6.04 Å². The molecule has 1 unspecified atom stereocenters. The van der Waals surface area contributed by atoms with Gasteiger partial charge in [0.2, 0.25) is 11.8 Å². The summed E-state index contributed by atoms with van der Waals surface area (Å²) in [6.45, 7) is 0.333. The van der Waals surface area contributed by atoms with E-state index in [0.717, 1.165) is 11.0 Å². The number of hydrogen-bond acceptors (Lipinski definition) is 3. The minimum atomic E-state index is -0.406. The van der Waals surface area contributed by atoms with Crippen LogP contribution in [0.1, 0.15) is 18.6 Å². The van der Waals surface area contributed by atoms with E-state index in [1.165, 1.54) is 0 Å². The molecule has 1 aromatic heterocycles. The molecule has 5 nitrogen and oxygen atoms in total. The molecule has 2 heterocycles. The number of para-hydroxylation sites is 1. The Morgan fingerprint density at radius 3 is 3.00 bits per heavy atom. The summed E-state index contributed by atoms with van der Waals surface area (Å²) in [7, 11) is 0. The predicted octanol–water partition coefficient (Wildman–Crippen LogP) is 1.33. The van der Waals surface area contributed by atoms with Gasteiger partial charge in [-0.3, -0.25) is 9.59 Å². The number of carbonyl (C=O) groups is 2. The molecule has 0 spiro atoms. The molecular weight excluding hydrogens is 244 g/mol. The van der Waals surface area contributed by atoms with Crippen molar-refractivity contribution in [1.82, 2.24) is 10.6 Å². The monoisotopic (exact) mass is 258 g/mol. The van der Waals surface area contributed by atoms with Crippen LogP contribution >= 0.6 is 0 Å². The fraction of sp³-hybridized carbons (Fsp3) is 0.286. The minimum absolute atomic E-state index is 0.0658. The van der Waals surface area contributed by atoms with Crippen molar-refractivity contribution in [2.75, 3.05) is 0 Å². The molecule has 2 aromatic rings. The zero-order valence-corrected chi connectivity index (χ0v) is 10.3. The number of furan rings is 1. The van der Waals surface area contributed by atoms with E-state index in [9.17, 15) is 9.59 Å². The van der Waals surface area contributed by atoms with Crippen molar-refractivity contribution >= 4 is 22.8 Å². The standard InChI is InChI=1S/C14H14N2O3/c17-13-6-5-11(16-13)14(18)15-8-10-7-9-3-1-2-4-12(9)19-10/h1-4,7,11H,5-6,8H2,(H,15,18)(H,16,17). The first-order valence-corrected chi connectivity index (χ1v) is 6.27. The summed E-state index contributed by atoms with van der Waals surface area (Å²) in [6.07, 6.45) is 0.980. The van der Waals surface area contributed by atoms with Crippen LogP contribution in [0.15, 0.2) is 34.7 Å². The third-order valence-electron chi connectivity index (χ3n) is 3.23. The van der Waals surface area contributed by atoms with Crippen LogP contribution in [0.5, 0.6) is 0 Å². The molecular formula is C14H14N2O3. The quantitative estimate of drug-likeness (QED) is 0.872. The van der Waals surface area contributed by atoms with Crippen LogP contribution in [0, 0.1) is 0 Å². The molecule has 1 aliphatic heterocycles. The van der Waals surface area contributed by atoms with Gasteiger partial charge in [-0.2, -0.15) is 0 Å². The number of rotatable bonds is 3. The normalized spacial score (nSPS) is 18.5. The molecule has 0 radical (unpaired) electrons. The Morgan fingerprint density at radius 2 is 2.26 bits per heavy atom. The van der Waals surface area contributed by atoms with E-state index in [2.05, 4.69) is 10.6 Å². The van der Waals surface area contributed by atoms with Gasteiger partial charge in [0.05, 0.1) is 6.54 Å². The second-order valence-corrected chi connectivity index (χ2v) is 4.63. The first-order chi connectivity index (χ1) is 9.22. The molecule has 1 atom stereocenters. The summed E-state index contributed by atoms with van der Waals surface area (Å²) >= 11 is 0. The molecule has 1 aliphatic rings. The number of carbonyl (C=O) groups excluding carboxylic acids is 2. The fourth-order valence-corrected chi connectivity index (χ4v) is 2.23. The summed E-state index contributed by atoms with van der Waals surface area (Å²) in [5.74, 6) is 0.481. The van der Waals surface area contributed by atoms with E-state index in [4.69, 9.17) is 4.42 Å². The average Bonchev–Trinajstić information content (AvgIpc) is 3.01. The summed E-state index contributed by atoms with van der Waals surface area (Å²) < 4.78 is 5.60. The average molecular weight is 258 g/mol. The van der Waals surface area contributed by atoms with Crippen molar-refractivity contribution in [3.8, 4) is 0 Å². The number of nitrogens with one attached hydrogen (secondary N) is 2. The Labute approximate surface area is 110 Å². The van der Waals surface area contributed by atoms with Crippen molar-refractivity contribution in [3.63, 3.8) is 0 Å². The Balaban J connectivity index is 1.62. The van der Waals surface area contributed by atoms with Gasteiger partial charge in [0.25, 0.3) is 0 Å². The van der Waals surface area contributed by atoms with Crippen molar-refractivity contribution in [2.45, 2.75) is 25.4 Å². The van der Waals surface area contributed by atoms with Crippen LogP contribution in [0.3, 0.4) is 0 Å². The van der Waals surface area contributed by atoms with E-state index in [1.54, 1.807) is 0 Å². The molecule has 5 heteroatoms. The zero-order valence-electron chi connectivity index (χ0n) is 10.3. The Morgan fingerprint density at radius 1 is 1.42 bits per heavy atom. The Kier molecular flexibility index (Phi) is 2.95. The SMILES string of the molecule is O=C1CCC(C(=O)NCc2cc3ccccc3o2)N1. The number of hydrogen-bond donors (Lipinski definition) is 2. The molecule has 0 saturated carbocycles. The van der Waals surface area contributed by atoms with Crippen LogP contribution in [0.4, 0.5) is 0 Å². The molecule has 2 N–H and O–H groups in total. The Bertz CT molecular complexity index is 599. The molecule has 3 rings (SSSR count). The Hall–Kier alpha value is -2.30. The van der Waals surface area contributed by atoms with Crippen LogP contribution in [-0.2, 0) is 16.1 Å². The fourth-order valence-electron chi connectivity index (χ4n) is 2.23. The number of amides is 2. The second kappa shape index (κ2) is 4.76. The molecule has 0 aliphatic carbocycles. The highest BCUT2D eigenvalue weighted by Gasteiger charge is 2.26. The molecule has 1 saturated heterocycles. The minimum Gasteiger partial charge on any atom is -0.459 e. The summed E-state index contributed by atoms with van der Waals surface area (Å²) in [5.41, 5.74) is 0.806. The lowest BCUT2D eigenvalue weighted by Crippen LogP contribution is -2.41. The third-order valence-corrected chi connectivity index (χ3v) is 3.23. The van der Waals surface area contributed by atoms with Gasteiger partial charge >= 0.3 is 0 Å². The van der Waals surface area contributed by atoms with Gasteiger partial charge in [-0.15, -0.1) is 0 Å². The van der Waals surface area contributed by atoms with Crippen molar-refractivity contribution in [3.05, 3.63) is 36.1 Å². The van der Waals surface area contributed by atoms with Crippen molar-refractivity contribution < 1.29 is 14.0 Å². The largest absolute Gasteiger partial charge is 0.459 e. The predicted molar refractivity (Wildman–Crippen MR) is 69.2 cm³/mol. The van der Waals surface area contributed by atoms with Gasteiger partial charge < -0.3 is 15.1 Å². The maximum absolute atomic E-state index is 11.8. The van der Waals surface area contributed by atoms with E-state index >= 15 is 0 Å². The van der Waals surface area contributed by atoms with Crippen molar-refractivity contribution in [1.29, 1.82) is 0 Å². The van der Waals surface area contributed by atoms with E-state index in [0.29, 0.717) is 25.1 Å². The lowest BCUT2D eigenvalue weighted by atomic mass is 10.2. The maximum Gasteiger partial charge on any atom is 0.242 e. The van der Waals surface area contributed by atoms with Crippen LogP contribution < -0.4 is 10.6 Å². The van der Waals surface area contributed by atoms with Crippen LogP contribution in [0.25, 0.3) is 11.0 Å². The first-order valence-electron chi connectivity index (χ1n) is 6.27. The van der Waals surface area contributed by atoms with Gasteiger partial charge in [0, 0.05) is 11.8 Å². The third kappa shape index (κ3) is 2.45. The maximum atomic E-state index is 11.8. The number of benzene rings is 1. The molecule has 98 valence electrons. The van der Waals surface area contributed by atoms with Crippen molar-refractivity contribution in [2.24, 2.45) is 0 Å². The zero-order chi connectivity index (χ0) is 13.2. The highest BCUT2D eigenvalue weighted by Crippen LogP contribution is 2.18. The molecule has 2 amide bonds. The second-order valence-electron chi connectivity index (χ2n) is 4.63. The highest BCUT2D eigenvalue weighted by molar-refractivity contribution is 5.90. The summed E-state index contributed by atoms with van der Waals surface area (Å²) in [5, 5.41) is 6.42. The van der Waals surface area contributed by atoms with Gasteiger partial charge in [-0.25, -0.2) is 0 Å². The molecule has 0 bridgehead atoms. The molecule has 1 aromatic carbocycles. The van der Waals surface area contributed by atoms with Gasteiger partial charge in [0.1, 0.15) is 17.4 Å². The van der Waals surface area contributed by atoms with Crippen LogP contribution in [-0.4, -0.2) is 17.9 Å². The lowest BCUT2D eigenvalue weighted by molar-refractivity contribution is -0.125. The highest BCUT2D eigenvalue weighted by atomic mass is 16.3. The molecule has 1 fully saturated rings. The first kappa shape index (κ1) is 11.8. The lowest BCUT2D eigenvalue weighted by Gasteiger charge is -2.09. The molecule has 19 heavy (non-hydrogen) atoms. The van der Waals surface area contributed by atoms with E-state index in [1.807, 2.05) is 30.3 Å². The summed E-state index contributed by atoms with van der Waals surface area (Å²) in [6, 6.07) is 9.19. The van der Waals surface area contributed by atoms with Crippen LogP contribution in [0.2, 0.25) is 0 Å². The smallest absolute Gasteiger partial charge is 0.242 e.